The van der Waals surface area contributed by atoms with Gasteiger partial charge in [-0.2, -0.15) is 5.26 Å². The van der Waals surface area contributed by atoms with E-state index in [4.69, 9.17) is 4.74 Å². The molecule has 2 aliphatic rings. The summed E-state index contributed by atoms with van der Waals surface area (Å²) in [5, 5.41) is 16.1. The maximum atomic E-state index is 11.9. The van der Waals surface area contributed by atoms with Crippen molar-refractivity contribution in [3.8, 4) is 11.8 Å². The first kappa shape index (κ1) is 18.6. The number of carbonyl (C=O) groups excluding carboxylic acids is 1. The Labute approximate surface area is 166 Å². The summed E-state index contributed by atoms with van der Waals surface area (Å²) in [6.07, 6.45) is 5.73. The van der Waals surface area contributed by atoms with E-state index in [1.807, 2.05) is 18.2 Å². The zero-order valence-electron chi connectivity index (χ0n) is 15.8. The first-order valence-electron chi connectivity index (χ1n) is 9.56. The number of amidine groups is 1. The van der Waals surface area contributed by atoms with Gasteiger partial charge in [0.05, 0.1) is 23.9 Å². The van der Waals surface area contributed by atoms with E-state index in [9.17, 15) is 10.1 Å². The molecule has 1 amide bonds. The number of amides is 1. The first-order valence-corrected chi connectivity index (χ1v) is 11.0. The van der Waals surface area contributed by atoms with Gasteiger partial charge in [0.25, 0.3) is 0 Å². The van der Waals surface area contributed by atoms with Crippen molar-refractivity contribution in [3.63, 3.8) is 0 Å². The van der Waals surface area contributed by atoms with E-state index >= 15 is 0 Å². The van der Waals surface area contributed by atoms with Crippen LogP contribution in [0, 0.1) is 11.3 Å². The lowest BCUT2D eigenvalue weighted by molar-refractivity contribution is -0.116. The van der Waals surface area contributed by atoms with E-state index in [1.165, 1.54) is 0 Å². The lowest BCUT2D eigenvalue weighted by Gasteiger charge is -2.11. The first-order chi connectivity index (χ1) is 13.7. The van der Waals surface area contributed by atoms with E-state index in [2.05, 4.69) is 33.7 Å². The van der Waals surface area contributed by atoms with E-state index in [1.54, 1.807) is 6.20 Å². The van der Waals surface area contributed by atoms with Crippen LogP contribution in [0.25, 0.3) is 10.9 Å². The Morgan fingerprint density at radius 3 is 3.07 bits per heavy atom. The average Bonchev–Trinajstić information content (AvgIpc) is 3.44. The quantitative estimate of drug-likeness (QED) is 0.601. The molecule has 28 heavy (non-hydrogen) atoms. The molecule has 1 aliphatic heterocycles. The van der Waals surface area contributed by atoms with Gasteiger partial charge in [-0.1, -0.05) is 19.4 Å². The summed E-state index contributed by atoms with van der Waals surface area (Å²) in [5.41, 5.74) is 2.21. The number of benzene rings is 1. The third-order valence-corrected chi connectivity index (χ3v) is 6.45. The number of hydrogen-bond acceptors (Lipinski definition) is 5. The van der Waals surface area contributed by atoms with Gasteiger partial charge in [0.15, 0.2) is 5.17 Å². The van der Waals surface area contributed by atoms with Crippen molar-refractivity contribution in [1.29, 1.82) is 5.26 Å². The summed E-state index contributed by atoms with van der Waals surface area (Å²) in [6, 6.07) is 8.46. The SMILES string of the molecule is CCCCOc1c(C#N)cnc2ccc(C=S3CC(=O)NC3=NC3CC3)cc12. The lowest BCUT2D eigenvalue weighted by atomic mass is 10.1. The summed E-state index contributed by atoms with van der Waals surface area (Å²) in [6.45, 7) is 2.67. The smallest absolute Gasteiger partial charge is 0.235 e. The molecule has 1 atom stereocenters. The molecule has 1 aliphatic carbocycles. The zero-order valence-corrected chi connectivity index (χ0v) is 16.6. The van der Waals surface area contributed by atoms with Crippen molar-refractivity contribution in [2.45, 2.75) is 38.6 Å². The Kier molecular flexibility index (Phi) is 5.40. The minimum atomic E-state index is -0.352. The van der Waals surface area contributed by atoms with Crippen molar-refractivity contribution < 1.29 is 9.53 Å². The van der Waals surface area contributed by atoms with Gasteiger partial charge in [-0.25, -0.2) is 0 Å². The molecule has 2 heterocycles. The van der Waals surface area contributed by atoms with Crippen LogP contribution >= 0.6 is 10.5 Å². The highest BCUT2D eigenvalue weighted by atomic mass is 32.2. The van der Waals surface area contributed by atoms with Crippen LogP contribution in [0.3, 0.4) is 0 Å². The zero-order chi connectivity index (χ0) is 19.5. The van der Waals surface area contributed by atoms with Gasteiger partial charge in [-0.3, -0.25) is 14.8 Å². The van der Waals surface area contributed by atoms with Gasteiger partial charge < -0.3 is 10.1 Å². The fourth-order valence-corrected chi connectivity index (χ4v) is 4.67. The number of rotatable bonds is 6. The fraction of sp³-hybridized carbons (Fsp3) is 0.381. The Balaban J connectivity index is 1.73. The molecule has 2 fully saturated rings. The normalized spacial score (nSPS) is 20.5. The number of unbranched alkanes of at least 4 members (excludes halogenated alkanes) is 1. The third kappa shape index (κ3) is 4.07. The Morgan fingerprint density at radius 1 is 1.46 bits per heavy atom. The fourth-order valence-electron chi connectivity index (χ4n) is 2.97. The molecule has 1 aromatic heterocycles. The molecule has 1 N–H and O–H groups in total. The number of fused-ring (bicyclic) bond motifs is 1. The van der Waals surface area contributed by atoms with E-state index < -0.39 is 0 Å². The molecule has 1 unspecified atom stereocenters. The predicted octanol–water partition coefficient (Wildman–Crippen LogP) is 3.35. The molecular weight excluding hydrogens is 372 g/mol. The van der Waals surface area contributed by atoms with Gasteiger partial charge in [0, 0.05) is 11.6 Å². The van der Waals surface area contributed by atoms with Gasteiger partial charge in [-0.05, 0) is 42.3 Å². The molecule has 1 saturated carbocycles. The van der Waals surface area contributed by atoms with Crippen LogP contribution < -0.4 is 10.1 Å². The topological polar surface area (TPSA) is 87.4 Å². The minimum Gasteiger partial charge on any atom is -0.491 e. The minimum absolute atomic E-state index is 0.0248. The van der Waals surface area contributed by atoms with Gasteiger partial charge in [0.1, 0.15) is 17.4 Å². The Hall–Kier alpha value is -2.72. The molecule has 1 aromatic carbocycles. The maximum Gasteiger partial charge on any atom is 0.235 e. The molecule has 0 spiro atoms. The molecule has 0 bridgehead atoms. The molecule has 2 aromatic rings. The van der Waals surface area contributed by atoms with Crippen LogP contribution in [0.1, 0.15) is 43.7 Å². The van der Waals surface area contributed by atoms with Crippen LogP contribution in [0.4, 0.5) is 0 Å². The highest BCUT2D eigenvalue weighted by Crippen LogP contribution is 2.31. The Bertz CT molecular complexity index is 1030. The molecule has 6 nitrogen and oxygen atoms in total. The number of carbonyl (C=O) groups is 1. The van der Waals surface area contributed by atoms with Crippen LogP contribution in [-0.4, -0.2) is 39.8 Å². The number of aromatic nitrogens is 1. The number of pyridine rings is 1. The van der Waals surface area contributed by atoms with Crippen LogP contribution in [0.5, 0.6) is 5.75 Å². The summed E-state index contributed by atoms with van der Waals surface area (Å²) in [5.74, 6) is 1.06. The van der Waals surface area contributed by atoms with E-state index in [0.29, 0.717) is 29.7 Å². The molecule has 144 valence electrons. The lowest BCUT2D eigenvalue weighted by Crippen LogP contribution is -2.20. The number of hydrogen-bond donors (Lipinski definition) is 1. The molecule has 1 saturated heterocycles. The van der Waals surface area contributed by atoms with Gasteiger partial charge in [0.2, 0.25) is 5.91 Å². The second-order valence-electron chi connectivity index (χ2n) is 7.00. The van der Waals surface area contributed by atoms with Crippen LogP contribution in [0.15, 0.2) is 29.4 Å². The summed E-state index contributed by atoms with van der Waals surface area (Å²) < 4.78 is 5.94. The summed E-state index contributed by atoms with van der Waals surface area (Å²) in [4.78, 5) is 20.9. The van der Waals surface area contributed by atoms with Crippen molar-refractivity contribution in [2.24, 2.45) is 4.99 Å². The summed E-state index contributed by atoms with van der Waals surface area (Å²) in [7, 11) is -0.352. The highest BCUT2D eigenvalue weighted by Gasteiger charge is 2.26. The van der Waals surface area contributed by atoms with E-state index in [0.717, 1.165) is 47.3 Å². The Morgan fingerprint density at radius 2 is 2.32 bits per heavy atom. The summed E-state index contributed by atoms with van der Waals surface area (Å²) >= 11 is 0. The number of nitrogens with one attached hydrogen (secondary N) is 1. The third-order valence-electron chi connectivity index (χ3n) is 4.61. The second kappa shape index (κ2) is 8.11. The van der Waals surface area contributed by atoms with Crippen molar-refractivity contribution in [1.82, 2.24) is 10.3 Å². The van der Waals surface area contributed by atoms with Crippen molar-refractivity contribution in [3.05, 3.63) is 35.5 Å². The molecular formula is C21H22N4O2S. The number of nitrogens with zero attached hydrogens (tertiary/aromatic N) is 3. The van der Waals surface area contributed by atoms with Crippen LogP contribution in [-0.2, 0) is 4.79 Å². The standard InChI is InChI=1S/C21H22N4O2S/c1-2-3-8-27-20-15(10-22)11-23-18-7-4-14(9-17(18)20)12-28-13-19(26)25-21(28)24-16-5-6-16/h4,7,9,11-12,16H,2-3,5-6,8,13H2,1H3,(H,24,25,26). The molecule has 0 radical (unpaired) electrons. The van der Waals surface area contributed by atoms with Crippen LogP contribution in [0.2, 0.25) is 0 Å². The maximum absolute atomic E-state index is 11.9. The van der Waals surface area contributed by atoms with Crippen molar-refractivity contribution in [2.75, 3.05) is 12.4 Å². The second-order valence-corrected chi connectivity index (χ2v) is 8.76. The number of ether oxygens (including phenoxy) is 1. The number of aliphatic imine (C=N–C) groups is 1. The highest BCUT2D eigenvalue weighted by molar-refractivity contribution is 8.29. The number of nitriles is 1. The average molecular weight is 395 g/mol. The predicted molar refractivity (Wildman–Crippen MR) is 113 cm³/mol. The van der Waals surface area contributed by atoms with Gasteiger partial charge in [-0.15, -0.1) is 10.5 Å². The molecule has 7 heteroatoms. The van der Waals surface area contributed by atoms with E-state index in [-0.39, 0.29) is 16.4 Å². The largest absolute Gasteiger partial charge is 0.491 e. The van der Waals surface area contributed by atoms with Crippen molar-refractivity contribution >= 4 is 37.8 Å². The molecule has 4 rings (SSSR count). The van der Waals surface area contributed by atoms with Gasteiger partial charge >= 0.3 is 0 Å². The monoisotopic (exact) mass is 394 g/mol.